The van der Waals surface area contributed by atoms with E-state index in [0.29, 0.717) is 10.2 Å². The van der Waals surface area contributed by atoms with E-state index < -0.39 is 17.7 Å². The van der Waals surface area contributed by atoms with E-state index in [2.05, 4.69) is 26.6 Å². The first-order chi connectivity index (χ1) is 12.8. The Morgan fingerprint density at radius 3 is 2.41 bits per heavy atom. The van der Waals surface area contributed by atoms with Crippen LogP contribution in [0.4, 0.5) is 15.8 Å². The van der Waals surface area contributed by atoms with Crippen molar-refractivity contribution in [2.45, 2.75) is 4.90 Å². The van der Waals surface area contributed by atoms with Gasteiger partial charge in [-0.05, 0) is 42.5 Å². The van der Waals surface area contributed by atoms with Crippen molar-refractivity contribution < 1.29 is 23.9 Å². The van der Waals surface area contributed by atoms with E-state index >= 15 is 0 Å². The van der Waals surface area contributed by atoms with Crippen LogP contribution in [-0.4, -0.2) is 28.6 Å². The summed E-state index contributed by atoms with van der Waals surface area (Å²) in [6, 6.07) is 11.0. The number of hydrogen-bond acceptors (Lipinski definition) is 4. The Morgan fingerprint density at radius 2 is 1.78 bits per heavy atom. The number of benzene rings is 2. The Bertz CT molecular complexity index is 887. The highest BCUT2D eigenvalue weighted by Gasteiger charge is 2.08. The minimum atomic E-state index is -1.21. The zero-order valence-electron chi connectivity index (χ0n) is 13.7. The van der Waals surface area contributed by atoms with Gasteiger partial charge in [0.25, 0.3) is 0 Å². The largest absolute Gasteiger partial charge is 0.478 e. The van der Waals surface area contributed by atoms with Crippen molar-refractivity contribution >= 4 is 56.9 Å². The number of aliphatic carboxylic acids is 1. The van der Waals surface area contributed by atoms with Crippen LogP contribution in [0.5, 0.6) is 0 Å². The van der Waals surface area contributed by atoms with E-state index in [9.17, 15) is 18.8 Å². The van der Waals surface area contributed by atoms with Crippen LogP contribution in [0.25, 0.3) is 0 Å². The van der Waals surface area contributed by atoms with Gasteiger partial charge in [-0.25, -0.2) is 9.18 Å². The zero-order chi connectivity index (χ0) is 19.8. The van der Waals surface area contributed by atoms with E-state index in [0.717, 1.165) is 17.0 Å². The first-order valence-electron chi connectivity index (χ1n) is 7.53. The second kappa shape index (κ2) is 9.89. The molecule has 27 heavy (non-hydrogen) atoms. The lowest BCUT2D eigenvalue weighted by Gasteiger charge is -2.07. The lowest BCUT2D eigenvalue weighted by Crippen LogP contribution is -2.15. The van der Waals surface area contributed by atoms with Crippen LogP contribution in [-0.2, 0) is 14.4 Å². The van der Waals surface area contributed by atoms with Gasteiger partial charge in [0.1, 0.15) is 5.82 Å². The van der Waals surface area contributed by atoms with Gasteiger partial charge in [-0.3, -0.25) is 9.59 Å². The van der Waals surface area contributed by atoms with Crippen molar-refractivity contribution in [2.24, 2.45) is 0 Å². The SMILES string of the molecule is O=C(O)/C=C/C(=O)Nc1ccc(SCC(=O)Nc2ccc(Br)cc2F)cc1. The second-order valence-electron chi connectivity index (χ2n) is 5.15. The molecule has 0 fully saturated rings. The van der Waals surface area contributed by atoms with E-state index in [1.165, 1.54) is 23.9 Å². The number of amides is 2. The topological polar surface area (TPSA) is 95.5 Å². The van der Waals surface area contributed by atoms with Gasteiger partial charge in [0.05, 0.1) is 11.4 Å². The zero-order valence-corrected chi connectivity index (χ0v) is 16.1. The molecule has 6 nitrogen and oxygen atoms in total. The van der Waals surface area contributed by atoms with Crippen LogP contribution in [0.15, 0.2) is 64.0 Å². The third-order valence-electron chi connectivity index (χ3n) is 3.07. The van der Waals surface area contributed by atoms with Crippen molar-refractivity contribution in [3.8, 4) is 0 Å². The Hall–Kier alpha value is -2.65. The van der Waals surface area contributed by atoms with Crippen molar-refractivity contribution in [1.29, 1.82) is 0 Å². The van der Waals surface area contributed by atoms with E-state index in [1.807, 2.05) is 0 Å². The average molecular weight is 453 g/mol. The van der Waals surface area contributed by atoms with E-state index in [-0.39, 0.29) is 17.3 Å². The quantitative estimate of drug-likeness (QED) is 0.437. The number of thioether (sulfide) groups is 1. The minimum absolute atomic E-state index is 0.0859. The monoisotopic (exact) mass is 452 g/mol. The Kier molecular flexibility index (Phi) is 7.56. The molecule has 0 spiro atoms. The van der Waals surface area contributed by atoms with Gasteiger partial charge in [-0.1, -0.05) is 15.9 Å². The van der Waals surface area contributed by atoms with Crippen molar-refractivity contribution in [3.05, 3.63) is 64.9 Å². The second-order valence-corrected chi connectivity index (χ2v) is 7.11. The number of carboxylic acid groups (broad SMARTS) is 1. The molecule has 0 bridgehead atoms. The molecule has 0 aliphatic heterocycles. The van der Waals surface area contributed by atoms with Gasteiger partial charge in [0.15, 0.2) is 0 Å². The molecule has 0 radical (unpaired) electrons. The molecular weight excluding hydrogens is 439 g/mol. The molecule has 0 aromatic heterocycles. The molecule has 2 aromatic rings. The fraction of sp³-hybridized carbons (Fsp3) is 0.0556. The van der Waals surface area contributed by atoms with Gasteiger partial charge in [0, 0.05) is 27.2 Å². The molecule has 0 unspecified atom stereocenters. The number of carbonyl (C=O) groups excluding carboxylic acids is 2. The number of anilines is 2. The lowest BCUT2D eigenvalue weighted by molar-refractivity contribution is -0.131. The molecule has 3 N–H and O–H groups in total. The van der Waals surface area contributed by atoms with Crippen molar-refractivity contribution in [3.63, 3.8) is 0 Å². The van der Waals surface area contributed by atoms with Gasteiger partial charge in [-0.15, -0.1) is 11.8 Å². The number of carbonyl (C=O) groups is 3. The van der Waals surface area contributed by atoms with Gasteiger partial charge in [-0.2, -0.15) is 0 Å². The maximum Gasteiger partial charge on any atom is 0.328 e. The third-order valence-corrected chi connectivity index (χ3v) is 4.58. The molecular formula is C18H14BrFN2O4S. The summed E-state index contributed by atoms with van der Waals surface area (Å²) in [5.74, 6) is -2.56. The van der Waals surface area contributed by atoms with Gasteiger partial charge < -0.3 is 15.7 Å². The molecule has 0 aliphatic carbocycles. The first-order valence-corrected chi connectivity index (χ1v) is 9.31. The highest BCUT2D eigenvalue weighted by Crippen LogP contribution is 2.22. The fourth-order valence-corrected chi connectivity index (χ4v) is 2.92. The molecule has 2 rings (SSSR count). The maximum atomic E-state index is 13.7. The number of halogens is 2. The van der Waals surface area contributed by atoms with Crippen LogP contribution in [0.2, 0.25) is 0 Å². The summed E-state index contributed by atoms with van der Waals surface area (Å²) in [5.41, 5.74) is 0.594. The predicted octanol–water partition coefficient (Wildman–Crippen LogP) is 3.90. The number of nitrogens with one attached hydrogen (secondary N) is 2. The maximum absolute atomic E-state index is 13.7. The van der Waals surface area contributed by atoms with Crippen LogP contribution in [0, 0.1) is 5.82 Å². The summed E-state index contributed by atoms with van der Waals surface area (Å²) in [6.07, 6.45) is 1.66. The van der Waals surface area contributed by atoms with E-state index in [4.69, 9.17) is 5.11 Å². The predicted molar refractivity (Wildman–Crippen MR) is 105 cm³/mol. The fourth-order valence-electron chi connectivity index (χ4n) is 1.89. The summed E-state index contributed by atoms with van der Waals surface area (Å²) in [4.78, 5) is 34.6. The summed E-state index contributed by atoms with van der Waals surface area (Å²) in [7, 11) is 0. The lowest BCUT2D eigenvalue weighted by atomic mass is 10.3. The Morgan fingerprint density at radius 1 is 1.07 bits per heavy atom. The summed E-state index contributed by atoms with van der Waals surface area (Å²) >= 11 is 4.40. The van der Waals surface area contributed by atoms with Crippen molar-refractivity contribution in [2.75, 3.05) is 16.4 Å². The first kappa shape index (κ1) is 20.7. The number of rotatable bonds is 7. The molecule has 0 heterocycles. The highest BCUT2D eigenvalue weighted by molar-refractivity contribution is 9.10. The summed E-state index contributed by atoms with van der Waals surface area (Å²) in [6.45, 7) is 0. The molecule has 2 amide bonds. The molecule has 0 saturated carbocycles. The minimum Gasteiger partial charge on any atom is -0.478 e. The normalized spacial score (nSPS) is 10.6. The van der Waals surface area contributed by atoms with Gasteiger partial charge >= 0.3 is 5.97 Å². The smallest absolute Gasteiger partial charge is 0.328 e. The van der Waals surface area contributed by atoms with E-state index in [1.54, 1.807) is 30.3 Å². The Labute approximate surface area is 167 Å². The van der Waals surface area contributed by atoms with Crippen LogP contribution in [0.3, 0.4) is 0 Å². The van der Waals surface area contributed by atoms with Crippen LogP contribution in [0.1, 0.15) is 0 Å². The van der Waals surface area contributed by atoms with Crippen LogP contribution < -0.4 is 10.6 Å². The highest BCUT2D eigenvalue weighted by atomic mass is 79.9. The molecule has 9 heteroatoms. The average Bonchev–Trinajstić information content (AvgIpc) is 2.62. The Balaban J connectivity index is 1.84. The molecule has 0 atom stereocenters. The molecule has 2 aromatic carbocycles. The summed E-state index contributed by atoms with van der Waals surface area (Å²) < 4.78 is 14.3. The third kappa shape index (κ3) is 7.24. The summed E-state index contributed by atoms with van der Waals surface area (Å²) in [5, 5.41) is 13.5. The van der Waals surface area contributed by atoms with Gasteiger partial charge in [0.2, 0.25) is 11.8 Å². The number of hydrogen-bond donors (Lipinski definition) is 3. The molecule has 0 aliphatic rings. The molecule has 140 valence electrons. The van der Waals surface area contributed by atoms with Crippen LogP contribution >= 0.6 is 27.7 Å². The standard InChI is InChI=1S/C18H14BrFN2O4S/c19-11-1-6-15(14(20)9-11)22-17(24)10-27-13-4-2-12(3-5-13)21-16(23)7-8-18(25)26/h1-9H,10H2,(H,21,23)(H,22,24)(H,25,26)/b8-7+. The van der Waals surface area contributed by atoms with Crippen molar-refractivity contribution in [1.82, 2.24) is 0 Å². The number of carboxylic acids is 1. The molecule has 0 saturated heterocycles.